The molecule has 4 nitrogen and oxygen atoms in total. The minimum atomic E-state index is -4.45. The second-order valence-corrected chi connectivity index (χ2v) is 4.09. The molecule has 0 unspecified atom stereocenters. The molecule has 0 amide bonds. The van der Waals surface area contributed by atoms with Crippen molar-refractivity contribution < 1.29 is 23.1 Å². The van der Waals surface area contributed by atoms with E-state index in [1.54, 1.807) is 0 Å². The summed E-state index contributed by atoms with van der Waals surface area (Å²) in [5, 5.41) is 8.98. The fraction of sp³-hybridized carbons (Fsp3) is 0.455. The summed E-state index contributed by atoms with van der Waals surface area (Å²) in [5.74, 6) is -0.971. The van der Waals surface area contributed by atoms with Gasteiger partial charge in [0.25, 0.3) is 0 Å². The molecule has 1 N–H and O–H groups in total. The van der Waals surface area contributed by atoms with Gasteiger partial charge >= 0.3 is 12.1 Å². The molecular weight excluding hydrogens is 249 g/mol. The monoisotopic (exact) mass is 260 g/mol. The quantitative estimate of drug-likeness (QED) is 0.885. The molecule has 0 saturated carbocycles. The average Bonchev–Trinajstić information content (AvgIpc) is 2.77. The van der Waals surface area contributed by atoms with Crippen LogP contribution in [0.15, 0.2) is 18.3 Å². The lowest BCUT2D eigenvalue weighted by atomic mass is 10.2. The molecule has 2 rings (SSSR count). The SMILES string of the molecule is O=C(O)[C@H]1CCCN1c1cc(C(F)(F)F)ccn1. The largest absolute Gasteiger partial charge is 0.480 e. The number of alkyl halides is 3. The summed E-state index contributed by atoms with van der Waals surface area (Å²) in [6, 6.07) is 0.970. The Balaban J connectivity index is 2.31. The lowest BCUT2D eigenvalue weighted by Gasteiger charge is -2.23. The summed E-state index contributed by atoms with van der Waals surface area (Å²) >= 11 is 0. The maximum Gasteiger partial charge on any atom is 0.416 e. The third kappa shape index (κ3) is 2.39. The van der Waals surface area contributed by atoms with E-state index in [1.807, 2.05) is 0 Å². The highest BCUT2D eigenvalue weighted by molar-refractivity contribution is 5.78. The van der Waals surface area contributed by atoms with Crippen LogP contribution in [0.25, 0.3) is 0 Å². The van der Waals surface area contributed by atoms with Crippen LogP contribution < -0.4 is 4.90 Å². The van der Waals surface area contributed by atoms with Gasteiger partial charge in [-0.1, -0.05) is 0 Å². The van der Waals surface area contributed by atoms with Crippen LogP contribution in [0.3, 0.4) is 0 Å². The van der Waals surface area contributed by atoms with Crippen LogP contribution in [0.5, 0.6) is 0 Å². The topological polar surface area (TPSA) is 53.4 Å². The predicted octanol–water partition coefficient (Wildman–Crippen LogP) is 2.15. The standard InChI is InChI=1S/C11H11F3N2O2/c12-11(13,14)7-3-4-15-9(6-7)16-5-1-2-8(16)10(17)18/h3-4,6,8H,1-2,5H2,(H,17,18)/t8-/m1/s1. The van der Waals surface area contributed by atoms with E-state index in [2.05, 4.69) is 4.98 Å². The molecule has 1 atom stereocenters. The summed E-state index contributed by atoms with van der Waals surface area (Å²) in [6.07, 6.45) is -2.34. The van der Waals surface area contributed by atoms with Gasteiger partial charge in [0.1, 0.15) is 11.9 Å². The smallest absolute Gasteiger partial charge is 0.416 e. The molecule has 0 aliphatic carbocycles. The highest BCUT2D eigenvalue weighted by Gasteiger charge is 2.34. The van der Waals surface area contributed by atoms with Crippen molar-refractivity contribution in [3.8, 4) is 0 Å². The van der Waals surface area contributed by atoms with Gasteiger partial charge in [0.15, 0.2) is 0 Å². The number of aromatic nitrogens is 1. The van der Waals surface area contributed by atoms with Gasteiger partial charge in [-0.2, -0.15) is 13.2 Å². The Labute approximate surface area is 101 Å². The van der Waals surface area contributed by atoms with Crippen molar-refractivity contribution in [1.29, 1.82) is 0 Å². The molecule has 2 heterocycles. The second kappa shape index (κ2) is 4.47. The van der Waals surface area contributed by atoms with Crippen molar-refractivity contribution >= 4 is 11.8 Å². The third-order valence-corrected chi connectivity index (χ3v) is 2.90. The minimum absolute atomic E-state index is 0.0646. The Morgan fingerprint density at radius 3 is 2.83 bits per heavy atom. The van der Waals surface area contributed by atoms with Gasteiger partial charge in [0, 0.05) is 12.7 Å². The molecule has 7 heteroatoms. The molecule has 1 aliphatic heterocycles. The van der Waals surface area contributed by atoms with Gasteiger partial charge in [0.05, 0.1) is 5.56 Å². The van der Waals surface area contributed by atoms with Crippen molar-refractivity contribution in [1.82, 2.24) is 4.98 Å². The van der Waals surface area contributed by atoms with Crippen LogP contribution in [0.1, 0.15) is 18.4 Å². The number of halogens is 3. The zero-order valence-electron chi connectivity index (χ0n) is 9.31. The van der Waals surface area contributed by atoms with Crippen molar-refractivity contribution in [2.45, 2.75) is 25.1 Å². The Hall–Kier alpha value is -1.79. The number of pyridine rings is 1. The molecule has 1 aromatic heterocycles. The van der Waals surface area contributed by atoms with Crippen LogP contribution in [0, 0.1) is 0 Å². The lowest BCUT2D eigenvalue weighted by molar-refractivity contribution is -0.138. The Kier molecular flexibility index (Phi) is 3.14. The molecule has 0 radical (unpaired) electrons. The molecule has 1 saturated heterocycles. The van der Waals surface area contributed by atoms with Crippen molar-refractivity contribution in [2.24, 2.45) is 0 Å². The number of carbonyl (C=O) groups is 1. The molecule has 98 valence electrons. The highest BCUT2D eigenvalue weighted by Crippen LogP contribution is 2.32. The van der Waals surface area contributed by atoms with E-state index in [-0.39, 0.29) is 5.82 Å². The summed E-state index contributed by atoms with van der Waals surface area (Å²) in [7, 11) is 0. The number of rotatable bonds is 2. The summed E-state index contributed by atoms with van der Waals surface area (Å²) < 4.78 is 37.6. The van der Waals surface area contributed by atoms with Crippen molar-refractivity contribution in [3.05, 3.63) is 23.9 Å². The molecule has 1 aromatic rings. The first-order valence-electron chi connectivity index (χ1n) is 5.42. The zero-order valence-corrected chi connectivity index (χ0v) is 9.31. The molecular formula is C11H11F3N2O2. The number of hydrogen-bond acceptors (Lipinski definition) is 3. The van der Waals surface area contributed by atoms with E-state index in [0.29, 0.717) is 19.4 Å². The summed E-state index contributed by atoms with van der Waals surface area (Å²) in [5.41, 5.74) is -0.816. The Morgan fingerprint density at radius 2 is 2.22 bits per heavy atom. The zero-order chi connectivity index (χ0) is 13.3. The molecule has 0 aromatic carbocycles. The van der Waals surface area contributed by atoms with E-state index in [1.165, 1.54) is 4.90 Å². The summed E-state index contributed by atoms with van der Waals surface area (Å²) in [4.78, 5) is 16.2. The highest BCUT2D eigenvalue weighted by atomic mass is 19.4. The predicted molar refractivity (Wildman–Crippen MR) is 57.2 cm³/mol. The maximum absolute atomic E-state index is 12.5. The number of anilines is 1. The van der Waals surface area contributed by atoms with E-state index < -0.39 is 23.8 Å². The van der Waals surface area contributed by atoms with Gasteiger partial charge < -0.3 is 10.0 Å². The first kappa shape index (κ1) is 12.7. The normalized spacial score (nSPS) is 20.2. The molecule has 18 heavy (non-hydrogen) atoms. The van der Waals surface area contributed by atoms with Gasteiger partial charge in [-0.15, -0.1) is 0 Å². The molecule has 1 fully saturated rings. The van der Waals surface area contributed by atoms with Crippen molar-refractivity contribution in [3.63, 3.8) is 0 Å². The number of hydrogen-bond donors (Lipinski definition) is 1. The van der Waals surface area contributed by atoms with E-state index >= 15 is 0 Å². The lowest BCUT2D eigenvalue weighted by Crippen LogP contribution is -2.36. The van der Waals surface area contributed by atoms with E-state index in [0.717, 1.165) is 18.3 Å². The Morgan fingerprint density at radius 1 is 1.50 bits per heavy atom. The van der Waals surface area contributed by atoms with Crippen LogP contribution in [0.2, 0.25) is 0 Å². The van der Waals surface area contributed by atoms with Crippen LogP contribution in [-0.4, -0.2) is 28.6 Å². The minimum Gasteiger partial charge on any atom is -0.480 e. The van der Waals surface area contributed by atoms with Gasteiger partial charge in [0.2, 0.25) is 0 Å². The van der Waals surface area contributed by atoms with Gasteiger partial charge in [-0.3, -0.25) is 0 Å². The number of nitrogens with zero attached hydrogens (tertiary/aromatic N) is 2. The number of aliphatic carboxylic acids is 1. The Bertz CT molecular complexity index is 462. The van der Waals surface area contributed by atoms with Gasteiger partial charge in [-0.25, -0.2) is 9.78 Å². The van der Waals surface area contributed by atoms with E-state index in [4.69, 9.17) is 5.11 Å². The summed E-state index contributed by atoms with van der Waals surface area (Å²) in [6.45, 7) is 0.408. The fourth-order valence-electron chi connectivity index (χ4n) is 2.05. The van der Waals surface area contributed by atoms with Crippen LogP contribution in [-0.2, 0) is 11.0 Å². The molecule has 0 spiro atoms. The average molecular weight is 260 g/mol. The van der Waals surface area contributed by atoms with Crippen molar-refractivity contribution in [2.75, 3.05) is 11.4 Å². The van der Waals surface area contributed by atoms with E-state index in [9.17, 15) is 18.0 Å². The number of carboxylic acid groups (broad SMARTS) is 1. The first-order valence-corrected chi connectivity index (χ1v) is 5.42. The fourth-order valence-corrected chi connectivity index (χ4v) is 2.05. The van der Waals surface area contributed by atoms with Crippen LogP contribution in [0.4, 0.5) is 19.0 Å². The maximum atomic E-state index is 12.5. The number of carboxylic acids is 1. The molecule has 1 aliphatic rings. The first-order chi connectivity index (χ1) is 8.39. The van der Waals surface area contributed by atoms with Crippen LogP contribution >= 0.6 is 0 Å². The van der Waals surface area contributed by atoms with Gasteiger partial charge in [-0.05, 0) is 25.0 Å². The third-order valence-electron chi connectivity index (χ3n) is 2.90. The molecule has 0 bridgehead atoms. The second-order valence-electron chi connectivity index (χ2n) is 4.09.